The number of hydrogen-bond acceptors (Lipinski definition) is 3. The van der Waals surface area contributed by atoms with Crippen molar-refractivity contribution >= 4 is 22.9 Å². The van der Waals surface area contributed by atoms with Gasteiger partial charge in [-0.25, -0.2) is 0 Å². The lowest BCUT2D eigenvalue weighted by atomic mass is 9.72. The van der Waals surface area contributed by atoms with E-state index in [1.54, 1.807) is 0 Å². The van der Waals surface area contributed by atoms with Gasteiger partial charge in [0.25, 0.3) is 0 Å². The summed E-state index contributed by atoms with van der Waals surface area (Å²) in [4.78, 5) is 18.3. The molecule has 1 aliphatic heterocycles. The summed E-state index contributed by atoms with van der Waals surface area (Å²) >= 11 is 0. The molecule has 4 rings (SSSR count). The number of esters is 1. The monoisotopic (exact) mass is 338 g/mol. The van der Waals surface area contributed by atoms with Gasteiger partial charge in [0, 0.05) is 35.1 Å². The minimum Gasteiger partial charge on any atom is -0.469 e. The van der Waals surface area contributed by atoms with Crippen LogP contribution in [-0.4, -0.2) is 42.1 Å². The molecular formula is C21H26N2O2. The van der Waals surface area contributed by atoms with Gasteiger partial charge in [-0.1, -0.05) is 25.6 Å². The molecule has 4 nitrogen and oxygen atoms in total. The Bertz CT molecular complexity index is 823. The minimum absolute atomic E-state index is 0.0348. The van der Waals surface area contributed by atoms with Crippen molar-refractivity contribution in [1.82, 2.24) is 9.88 Å². The summed E-state index contributed by atoms with van der Waals surface area (Å²) in [5.41, 5.74) is 5.10. The highest BCUT2D eigenvalue weighted by molar-refractivity contribution is 5.91. The Hall–Kier alpha value is -2.07. The van der Waals surface area contributed by atoms with Crippen LogP contribution in [0.3, 0.4) is 0 Å². The number of nitrogens with one attached hydrogen (secondary N) is 1. The summed E-state index contributed by atoms with van der Waals surface area (Å²) < 4.78 is 5.07. The molecule has 1 unspecified atom stereocenters. The SMILES string of the molecule is C=Cc1[nH]c2cccc3c2c1C[C@@H]1C3C[C@@H](C(=O)OC)CN1CCC. The Morgan fingerprint density at radius 1 is 1.48 bits per heavy atom. The predicted octanol–water partition coefficient (Wildman–Crippen LogP) is 3.72. The van der Waals surface area contributed by atoms with Crippen molar-refractivity contribution in [3.8, 4) is 0 Å². The molecule has 2 heterocycles. The van der Waals surface area contributed by atoms with Crippen LogP contribution in [0.4, 0.5) is 0 Å². The van der Waals surface area contributed by atoms with Gasteiger partial charge in [0.05, 0.1) is 13.0 Å². The topological polar surface area (TPSA) is 45.3 Å². The molecule has 0 saturated carbocycles. The zero-order valence-electron chi connectivity index (χ0n) is 15.0. The van der Waals surface area contributed by atoms with Crippen LogP contribution in [0, 0.1) is 5.92 Å². The van der Waals surface area contributed by atoms with Gasteiger partial charge in [0.2, 0.25) is 0 Å². The molecule has 1 aliphatic carbocycles. The highest BCUT2D eigenvalue weighted by atomic mass is 16.5. The Labute approximate surface area is 148 Å². The number of rotatable bonds is 4. The number of H-pyrrole nitrogens is 1. The highest BCUT2D eigenvalue weighted by Gasteiger charge is 2.43. The maximum absolute atomic E-state index is 12.3. The fraction of sp³-hybridized carbons (Fsp3) is 0.476. The Morgan fingerprint density at radius 3 is 3.04 bits per heavy atom. The second-order valence-corrected chi connectivity index (χ2v) is 7.32. The third-order valence-corrected chi connectivity index (χ3v) is 5.98. The van der Waals surface area contributed by atoms with Crippen molar-refractivity contribution < 1.29 is 9.53 Å². The van der Waals surface area contributed by atoms with Gasteiger partial charge in [-0.3, -0.25) is 9.69 Å². The average molecular weight is 338 g/mol. The number of nitrogens with zero attached hydrogens (tertiary/aromatic N) is 1. The highest BCUT2D eigenvalue weighted by Crippen LogP contribution is 2.46. The lowest BCUT2D eigenvalue weighted by Gasteiger charge is -2.46. The first-order valence-electron chi connectivity index (χ1n) is 9.25. The second-order valence-electron chi connectivity index (χ2n) is 7.32. The van der Waals surface area contributed by atoms with E-state index in [1.807, 2.05) is 6.08 Å². The molecule has 1 saturated heterocycles. The van der Waals surface area contributed by atoms with Crippen molar-refractivity contribution in [1.29, 1.82) is 0 Å². The Kier molecular flexibility index (Phi) is 4.16. The average Bonchev–Trinajstić information content (AvgIpc) is 3.01. The molecule has 25 heavy (non-hydrogen) atoms. The number of fused-ring (bicyclic) bond motifs is 2. The number of methoxy groups -OCH3 is 1. The van der Waals surface area contributed by atoms with Gasteiger partial charge >= 0.3 is 5.97 Å². The van der Waals surface area contributed by atoms with Crippen LogP contribution in [0.1, 0.15) is 42.5 Å². The van der Waals surface area contributed by atoms with E-state index in [0.29, 0.717) is 12.0 Å². The van der Waals surface area contributed by atoms with Crippen molar-refractivity contribution in [2.45, 2.75) is 38.1 Å². The zero-order valence-corrected chi connectivity index (χ0v) is 15.0. The van der Waals surface area contributed by atoms with E-state index in [9.17, 15) is 4.79 Å². The number of carbonyl (C=O) groups is 1. The standard InChI is InChI=1S/C21H26N2O2/c1-4-9-23-12-13(21(24)25-3)10-15-14-7-6-8-18-20(14)16(11-19(15)23)17(5-2)22-18/h5-8,13,15,19,22H,2,4,9-12H2,1,3H3/t13-,15?,19-/m1/s1. The van der Waals surface area contributed by atoms with Crippen LogP contribution in [0.15, 0.2) is 24.8 Å². The van der Waals surface area contributed by atoms with E-state index in [4.69, 9.17) is 4.74 Å². The molecule has 2 aliphatic rings. The maximum Gasteiger partial charge on any atom is 0.309 e. The lowest BCUT2D eigenvalue weighted by molar-refractivity contribution is -0.148. The smallest absolute Gasteiger partial charge is 0.309 e. The van der Waals surface area contributed by atoms with E-state index in [1.165, 1.54) is 29.1 Å². The third-order valence-electron chi connectivity index (χ3n) is 5.98. The first-order chi connectivity index (χ1) is 12.2. The quantitative estimate of drug-likeness (QED) is 0.864. The molecule has 0 radical (unpaired) electrons. The minimum atomic E-state index is -0.0709. The van der Waals surface area contributed by atoms with Gasteiger partial charge < -0.3 is 9.72 Å². The lowest BCUT2D eigenvalue weighted by Crippen LogP contribution is -2.51. The number of carbonyl (C=O) groups excluding carboxylic acids is 1. The zero-order chi connectivity index (χ0) is 17.6. The Balaban J connectivity index is 1.82. The molecular weight excluding hydrogens is 312 g/mol. The van der Waals surface area contributed by atoms with Crippen LogP contribution < -0.4 is 0 Å². The summed E-state index contributed by atoms with van der Waals surface area (Å²) in [6, 6.07) is 6.96. The maximum atomic E-state index is 12.3. The number of aromatic amines is 1. The summed E-state index contributed by atoms with van der Waals surface area (Å²) in [6.07, 6.45) is 4.93. The van der Waals surface area contributed by atoms with Crippen molar-refractivity contribution in [3.05, 3.63) is 41.6 Å². The third kappa shape index (κ3) is 2.51. The van der Waals surface area contributed by atoms with Gasteiger partial charge in [0.1, 0.15) is 0 Å². The fourth-order valence-corrected chi connectivity index (χ4v) is 4.97. The first kappa shape index (κ1) is 16.4. The second kappa shape index (κ2) is 6.34. The molecule has 4 heteroatoms. The van der Waals surface area contributed by atoms with Crippen LogP contribution in [0.5, 0.6) is 0 Å². The van der Waals surface area contributed by atoms with Crippen LogP contribution in [0.25, 0.3) is 17.0 Å². The van der Waals surface area contributed by atoms with E-state index >= 15 is 0 Å². The summed E-state index contributed by atoms with van der Waals surface area (Å²) in [5, 5.41) is 1.35. The summed E-state index contributed by atoms with van der Waals surface area (Å²) in [6.45, 7) is 8.02. The molecule has 3 atom stereocenters. The Morgan fingerprint density at radius 2 is 2.32 bits per heavy atom. The largest absolute Gasteiger partial charge is 0.469 e. The van der Waals surface area contributed by atoms with Gasteiger partial charge in [0.15, 0.2) is 0 Å². The number of ether oxygens (including phenoxy) is 1. The number of benzene rings is 1. The number of likely N-dealkylation sites (tertiary alicyclic amines) is 1. The van der Waals surface area contributed by atoms with Gasteiger partial charge in [-0.05, 0) is 49.1 Å². The van der Waals surface area contributed by atoms with Crippen molar-refractivity contribution in [3.63, 3.8) is 0 Å². The van der Waals surface area contributed by atoms with Gasteiger partial charge in [-0.15, -0.1) is 0 Å². The number of piperidine rings is 1. The van der Waals surface area contributed by atoms with Crippen molar-refractivity contribution in [2.75, 3.05) is 20.2 Å². The molecule has 1 fully saturated rings. The molecule has 1 aromatic carbocycles. The van der Waals surface area contributed by atoms with E-state index < -0.39 is 0 Å². The van der Waals surface area contributed by atoms with E-state index in [-0.39, 0.29) is 11.9 Å². The van der Waals surface area contributed by atoms with E-state index in [2.05, 4.69) is 41.6 Å². The van der Waals surface area contributed by atoms with Crippen LogP contribution in [-0.2, 0) is 16.0 Å². The molecule has 0 bridgehead atoms. The molecule has 0 amide bonds. The molecule has 1 N–H and O–H groups in total. The predicted molar refractivity (Wildman–Crippen MR) is 101 cm³/mol. The fourth-order valence-electron chi connectivity index (χ4n) is 4.97. The summed E-state index contributed by atoms with van der Waals surface area (Å²) in [5.74, 6) is 0.278. The normalized spacial score (nSPS) is 25.6. The van der Waals surface area contributed by atoms with Gasteiger partial charge in [-0.2, -0.15) is 0 Å². The number of hydrogen-bond donors (Lipinski definition) is 1. The molecule has 2 aromatic rings. The first-order valence-corrected chi connectivity index (χ1v) is 9.25. The van der Waals surface area contributed by atoms with Crippen LogP contribution in [0.2, 0.25) is 0 Å². The van der Waals surface area contributed by atoms with Crippen molar-refractivity contribution in [2.24, 2.45) is 5.92 Å². The number of aromatic nitrogens is 1. The molecule has 1 aromatic heterocycles. The molecule has 0 spiro atoms. The van der Waals surface area contributed by atoms with E-state index in [0.717, 1.165) is 38.0 Å². The summed E-state index contributed by atoms with van der Waals surface area (Å²) in [7, 11) is 1.50. The molecule has 132 valence electrons. The van der Waals surface area contributed by atoms with Crippen LogP contribution >= 0.6 is 0 Å².